The highest BCUT2D eigenvalue weighted by atomic mass is 16.5. The minimum Gasteiger partial charge on any atom is -0.481 e. The summed E-state index contributed by atoms with van der Waals surface area (Å²) in [4.78, 5) is 14.5. The van der Waals surface area contributed by atoms with Crippen molar-refractivity contribution in [1.82, 2.24) is 20.0 Å². The highest BCUT2D eigenvalue weighted by molar-refractivity contribution is 5.84. The Morgan fingerprint density at radius 3 is 2.79 bits per heavy atom. The van der Waals surface area contributed by atoms with E-state index >= 15 is 0 Å². The van der Waals surface area contributed by atoms with Crippen molar-refractivity contribution in [2.45, 2.75) is 32.5 Å². The van der Waals surface area contributed by atoms with E-state index in [2.05, 4.69) is 22.5 Å². The largest absolute Gasteiger partial charge is 0.481 e. The van der Waals surface area contributed by atoms with Gasteiger partial charge in [0.1, 0.15) is 0 Å². The zero-order valence-corrected chi connectivity index (χ0v) is 14.5. The number of aryl methyl sites for hydroxylation is 2. The SMILES string of the molecule is COc1c(CN[C@@H]2CCN(Cc3ccccc3)C2=O)c(C)nn1C. The van der Waals surface area contributed by atoms with Gasteiger partial charge >= 0.3 is 0 Å². The third-order valence-corrected chi connectivity index (χ3v) is 4.52. The number of hydrogen-bond donors (Lipinski definition) is 1. The molecule has 1 N–H and O–H groups in total. The lowest BCUT2D eigenvalue weighted by Crippen LogP contribution is -2.37. The molecule has 3 rings (SSSR count). The number of aromatic nitrogens is 2. The topological polar surface area (TPSA) is 59.4 Å². The fourth-order valence-corrected chi connectivity index (χ4v) is 3.25. The van der Waals surface area contributed by atoms with Crippen molar-refractivity contribution >= 4 is 5.91 Å². The van der Waals surface area contributed by atoms with Crippen molar-refractivity contribution < 1.29 is 9.53 Å². The van der Waals surface area contributed by atoms with E-state index in [0.29, 0.717) is 13.1 Å². The van der Waals surface area contributed by atoms with Crippen LogP contribution in [0.15, 0.2) is 30.3 Å². The van der Waals surface area contributed by atoms with Crippen LogP contribution in [0.4, 0.5) is 0 Å². The molecule has 0 radical (unpaired) electrons. The lowest BCUT2D eigenvalue weighted by atomic mass is 10.2. The zero-order valence-electron chi connectivity index (χ0n) is 14.5. The molecular formula is C18H24N4O2. The Kier molecular flexibility index (Phi) is 4.85. The van der Waals surface area contributed by atoms with Gasteiger partial charge < -0.3 is 15.0 Å². The second-order valence-corrected chi connectivity index (χ2v) is 6.16. The predicted molar refractivity (Wildman–Crippen MR) is 91.6 cm³/mol. The fourth-order valence-electron chi connectivity index (χ4n) is 3.25. The first-order valence-electron chi connectivity index (χ1n) is 8.22. The van der Waals surface area contributed by atoms with Crippen LogP contribution in [-0.2, 0) is 24.9 Å². The van der Waals surface area contributed by atoms with Gasteiger partial charge in [-0.3, -0.25) is 4.79 Å². The molecule has 2 heterocycles. The fraction of sp³-hybridized carbons (Fsp3) is 0.444. The van der Waals surface area contributed by atoms with E-state index in [0.717, 1.165) is 35.7 Å². The summed E-state index contributed by atoms with van der Waals surface area (Å²) in [6, 6.07) is 9.96. The monoisotopic (exact) mass is 328 g/mol. The molecule has 24 heavy (non-hydrogen) atoms. The van der Waals surface area contributed by atoms with Crippen molar-refractivity contribution in [1.29, 1.82) is 0 Å². The zero-order chi connectivity index (χ0) is 17.1. The quantitative estimate of drug-likeness (QED) is 0.875. The van der Waals surface area contributed by atoms with Gasteiger partial charge in [0.2, 0.25) is 11.8 Å². The summed E-state index contributed by atoms with van der Waals surface area (Å²) in [5.74, 6) is 0.908. The number of carbonyl (C=O) groups excluding carboxylic acids is 1. The van der Waals surface area contributed by atoms with E-state index in [9.17, 15) is 4.79 Å². The summed E-state index contributed by atoms with van der Waals surface area (Å²) in [5.41, 5.74) is 3.10. The van der Waals surface area contributed by atoms with Crippen LogP contribution in [0.25, 0.3) is 0 Å². The van der Waals surface area contributed by atoms with Gasteiger partial charge in [-0.1, -0.05) is 30.3 Å². The van der Waals surface area contributed by atoms with E-state index in [-0.39, 0.29) is 11.9 Å². The minimum atomic E-state index is -0.141. The molecule has 128 valence electrons. The standard InChI is InChI=1S/C18H24N4O2/c1-13-15(18(24-3)21(2)20-13)11-19-16-9-10-22(17(16)23)12-14-7-5-4-6-8-14/h4-8,16,19H,9-12H2,1-3H3/t16-/m1/s1. The number of likely N-dealkylation sites (tertiary alicyclic amines) is 1. The molecule has 6 nitrogen and oxygen atoms in total. The molecule has 0 unspecified atom stereocenters. The number of carbonyl (C=O) groups is 1. The van der Waals surface area contributed by atoms with Crippen LogP contribution in [-0.4, -0.2) is 40.3 Å². The van der Waals surface area contributed by atoms with E-state index in [1.54, 1.807) is 11.8 Å². The maximum absolute atomic E-state index is 12.6. The normalized spacial score (nSPS) is 17.5. The highest BCUT2D eigenvalue weighted by Crippen LogP contribution is 2.22. The highest BCUT2D eigenvalue weighted by Gasteiger charge is 2.31. The van der Waals surface area contributed by atoms with Crippen LogP contribution in [0.2, 0.25) is 0 Å². The Balaban J connectivity index is 1.60. The first-order valence-corrected chi connectivity index (χ1v) is 8.22. The Bertz CT molecular complexity index is 711. The number of ether oxygens (including phenoxy) is 1. The van der Waals surface area contributed by atoms with E-state index in [1.807, 2.05) is 37.1 Å². The number of methoxy groups -OCH3 is 1. The summed E-state index contributed by atoms with van der Waals surface area (Å²) in [5, 5.41) is 7.74. The van der Waals surface area contributed by atoms with Crippen LogP contribution in [0.3, 0.4) is 0 Å². The van der Waals surface area contributed by atoms with Crippen molar-refractivity contribution in [3.63, 3.8) is 0 Å². The molecule has 1 atom stereocenters. The average Bonchev–Trinajstić information content (AvgIpc) is 3.06. The molecule has 0 bridgehead atoms. The molecule has 6 heteroatoms. The van der Waals surface area contributed by atoms with E-state index in [1.165, 1.54) is 0 Å². The number of benzene rings is 1. The molecule has 1 aromatic heterocycles. The maximum atomic E-state index is 12.6. The second kappa shape index (κ2) is 7.05. The van der Waals surface area contributed by atoms with Crippen molar-refractivity contribution in [3.8, 4) is 5.88 Å². The second-order valence-electron chi connectivity index (χ2n) is 6.16. The summed E-state index contributed by atoms with van der Waals surface area (Å²) >= 11 is 0. The molecular weight excluding hydrogens is 304 g/mol. The minimum absolute atomic E-state index is 0.141. The van der Waals surface area contributed by atoms with Gasteiger partial charge in [0.05, 0.1) is 24.4 Å². The van der Waals surface area contributed by atoms with Gasteiger partial charge in [-0.2, -0.15) is 5.10 Å². The maximum Gasteiger partial charge on any atom is 0.240 e. The molecule has 1 aliphatic rings. The lowest BCUT2D eigenvalue weighted by Gasteiger charge is -2.17. The van der Waals surface area contributed by atoms with Crippen LogP contribution in [0, 0.1) is 6.92 Å². The van der Waals surface area contributed by atoms with Gasteiger partial charge in [-0.05, 0) is 18.9 Å². The molecule has 1 amide bonds. The third kappa shape index (κ3) is 3.28. The van der Waals surface area contributed by atoms with E-state index in [4.69, 9.17) is 4.74 Å². The molecule has 0 saturated carbocycles. The Hall–Kier alpha value is -2.34. The van der Waals surface area contributed by atoms with Crippen LogP contribution >= 0.6 is 0 Å². The molecule has 1 fully saturated rings. The van der Waals surface area contributed by atoms with Crippen molar-refractivity contribution in [2.75, 3.05) is 13.7 Å². The summed E-state index contributed by atoms with van der Waals surface area (Å²) in [7, 11) is 3.50. The molecule has 0 spiro atoms. The molecule has 1 saturated heterocycles. The smallest absolute Gasteiger partial charge is 0.240 e. The third-order valence-electron chi connectivity index (χ3n) is 4.52. The van der Waals surface area contributed by atoms with Crippen LogP contribution < -0.4 is 10.1 Å². The van der Waals surface area contributed by atoms with Crippen LogP contribution in [0.1, 0.15) is 23.2 Å². The van der Waals surface area contributed by atoms with Gasteiger partial charge in [0.15, 0.2) is 0 Å². The summed E-state index contributed by atoms with van der Waals surface area (Å²) in [6.45, 7) is 4.00. The van der Waals surface area contributed by atoms with E-state index < -0.39 is 0 Å². The first-order chi connectivity index (χ1) is 11.6. The summed E-state index contributed by atoms with van der Waals surface area (Å²) in [6.07, 6.45) is 0.827. The average molecular weight is 328 g/mol. The van der Waals surface area contributed by atoms with Gasteiger partial charge in [-0.15, -0.1) is 0 Å². The van der Waals surface area contributed by atoms with Crippen molar-refractivity contribution in [3.05, 3.63) is 47.2 Å². The predicted octanol–water partition coefficient (Wildman–Crippen LogP) is 1.63. The Morgan fingerprint density at radius 1 is 1.33 bits per heavy atom. The number of hydrogen-bond acceptors (Lipinski definition) is 4. The summed E-state index contributed by atoms with van der Waals surface area (Å²) < 4.78 is 7.13. The van der Waals surface area contributed by atoms with Gasteiger partial charge in [0.25, 0.3) is 0 Å². The number of nitrogens with zero attached hydrogens (tertiary/aromatic N) is 3. The Labute approximate surface area is 142 Å². The molecule has 1 aliphatic heterocycles. The Morgan fingerprint density at radius 2 is 2.08 bits per heavy atom. The van der Waals surface area contributed by atoms with Gasteiger partial charge in [0, 0.05) is 26.7 Å². The number of amides is 1. The number of nitrogens with one attached hydrogen (secondary N) is 1. The first kappa shape index (κ1) is 16.5. The van der Waals surface area contributed by atoms with Gasteiger partial charge in [-0.25, -0.2) is 4.68 Å². The van der Waals surface area contributed by atoms with Crippen molar-refractivity contribution in [2.24, 2.45) is 7.05 Å². The molecule has 2 aromatic rings. The van der Waals surface area contributed by atoms with Crippen LogP contribution in [0.5, 0.6) is 5.88 Å². The number of rotatable bonds is 6. The lowest BCUT2D eigenvalue weighted by molar-refractivity contribution is -0.129. The molecule has 0 aliphatic carbocycles. The molecule has 1 aromatic carbocycles.